The highest BCUT2D eigenvalue weighted by atomic mass is 16.7. The Morgan fingerprint density at radius 3 is 2.75 bits per heavy atom. The Kier molecular flexibility index (Phi) is 5.78. The first-order valence-electron chi connectivity index (χ1n) is 10.5. The highest BCUT2D eigenvalue weighted by Crippen LogP contribution is 2.37. The molecule has 0 spiro atoms. The van der Waals surface area contributed by atoms with E-state index in [-0.39, 0.29) is 11.3 Å². The molecule has 6 nitrogen and oxygen atoms in total. The van der Waals surface area contributed by atoms with Crippen LogP contribution in [0.4, 0.5) is 0 Å². The second-order valence-electron chi connectivity index (χ2n) is 8.96. The number of rotatable bonds is 6. The Labute approximate surface area is 167 Å². The van der Waals surface area contributed by atoms with Gasteiger partial charge in [0.15, 0.2) is 11.5 Å². The van der Waals surface area contributed by atoms with E-state index in [9.17, 15) is 9.90 Å². The van der Waals surface area contributed by atoms with Crippen LogP contribution < -0.4 is 9.47 Å². The van der Waals surface area contributed by atoms with Gasteiger partial charge in [0.2, 0.25) is 12.7 Å². The van der Waals surface area contributed by atoms with Crippen molar-refractivity contribution in [2.75, 3.05) is 46.1 Å². The summed E-state index contributed by atoms with van der Waals surface area (Å²) >= 11 is 0. The number of nitrogens with zero attached hydrogens (tertiary/aromatic N) is 2. The summed E-state index contributed by atoms with van der Waals surface area (Å²) in [6.07, 6.45) is 4.63. The lowest BCUT2D eigenvalue weighted by Gasteiger charge is -2.41. The molecule has 6 heteroatoms. The van der Waals surface area contributed by atoms with Gasteiger partial charge in [0.1, 0.15) is 0 Å². The molecule has 1 amide bonds. The fourth-order valence-electron chi connectivity index (χ4n) is 4.74. The molecule has 3 aliphatic rings. The number of carbonyl (C=O) groups is 1. The van der Waals surface area contributed by atoms with E-state index < -0.39 is 0 Å². The summed E-state index contributed by atoms with van der Waals surface area (Å²) in [5.41, 5.74) is 1.33. The molecule has 154 valence electrons. The van der Waals surface area contributed by atoms with Gasteiger partial charge in [0.25, 0.3) is 0 Å². The van der Waals surface area contributed by atoms with Gasteiger partial charge in [-0.1, -0.05) is 13.0 Å². The Bertz CT molecular complexity index is 702. The second kappa shape index (κ2) is 8.29. The van der Waals surface area contributed by atoms with Crippen LogP contribution >= 0.6 is 0 Å². The molecule has 1 aromatic carbocycles. The molecule has 2 fully saturated rings. The molecule has 0 unspecified atom stereocenters. The lowest BCUT2D eigenvalue weighted by Crippen LogP contribution is -2.49. The summed E-state index contributed by atoms with van der Waals surface area (Å²) in [5, 5.41) is 9.29. The number of ether oxygens (including phenoxy) is 2. The van der Waals surface area contributed by atoms with Crippen LogP contribution in [0.1, 0.15) is 38.2 Å². The van der Waals surface area contributed by atoms with E-state index in [4.69, 9.17) is 9.47 Å². The Morgan fingerprint density at radius 1 is 1.18 bits per heavy atom. The molecular weight excluding hydrogens is 356 g/mol. The average molecular weight is 389 g/mol. The van der Waals surface area contributed by atoms with Crippen LogP contribution in [0.25, 0.3) is 0 Å². The second-order valence-corrected chi connectivity index (χ2v) is 8.96. The van der Waals surface area contributed by atoms with Gasteiger partial charge in [0.05, 0.1) is 0 Å². The van der Waals surface area contributed by atoms with Crippen molar-refractivity contribution in [1.82, 2.24) is 9.80 Å². The van der Waals surface area contributed by atoms with Crippen LogP contribution in [-0.4, -0.2) is 66.9 Å². The number of aliphatic hydroxyl groups excluding tert-OH is 1. The zero-order valence-corrected chi connectivity index (χ0v) is 16.9. The van der Waals surface area contributed by atoms with E-state index in [0.29, 0.717) is 25.7 Å². The predicted molar refractivity (Wildman–Crippen MR) is 106 cm³/mol. The summed E-state index contributed by atoms with van der Waals surface area (Å²) in [6, 6.07) is 6.19. The molecule has 3 heterocycles. The van der Waals surface area contributed by atoms with E-state index in [0.717, 1.165) is 69.9 Å². The number of benzene rings is 1. The van der Waals surface area contributed by atoms with Crippen LogP contribution in [0, 0.1) is 11.3 Å². The van der Waals surface area contributed by atoms with Crippen molar-refractivity contribution >= 4 is 5.91 Å². The maximum absolute atomic E-state index is 12.5. The summed E-state index contributed by atoms with van der Waals surface area (Å²) in [7, 11) is 0. The SMILES string of the molecule is C[C@]1(Cc2ccc3c(c2)OCO3)CCC(=O)N(CCN2CCC(CO)CC2)C1. The zero-order chi connectivity index (χ0) is 19.6. The Balaban J connectivity index is 1.32. The Hall–Kier alpha value is -1.79. The molecule has 0 bridgehead atoms. The van der Waals surface area contributed by atoms with Gasteiger partial charge < -0.3 is 24.4 Å². The summed E-state index contributed by atoms with van der Waals surface area (Å²) in [5.74, 6) is 2.39. The molecule has 28 heavy (non-hydrogen) atoms. The number of hydrogen-bond donors (Lipinski definition) is 1. The van der Waals surface area contributed by atoms with E-state index in [1.165, 1.54) is 5.56 Å². The highest BCUT2D eigenvalue weighted by molar-refractivity contribution is 5.77. The third-order valence-corrected chi connectivity index (χ3v) is 6.59. The topological polar surface area (TPSA) is 62.2 Å². The molecule has 0 saturated carbocycles. The largest absolute Gasteiger partial charge is 0.454 e. The predicted octanol–water partition coefficient (Wildman–Crippen LogP) is 2.29. The fourth-order valence-corrected chi connectivity index (χ4v) is 4.74. The van der Waals surface area contributed by atoms with Crippen molar-refractivity contribution in [3.63, 3.8) is 0 Å². The molecule has 0 aromatic heterocycles. The van der Waals surface area contributed by atoms with Crippen molar-refractivity contribution < 1.29 is 19.4 Å². The minimum absolute atomic E-state index is 0.0888. The lowest BCUT2D eigenvalue weighted by molar-refractivity contribution is -0.137. The van der Waals surface area contributed by atoms with E-state index >= 15 is 0 Å². The third kappa shape index (κ3) is 4.44. The average Bonchev–Trinajstić information content (AvgIpc) is 3.17. The lowest BCUT2D eigenvalue weighted by atomic mass is 9.76. The van der Waals surface area contributed by atoms with Crippen molar-refractivity contribution in [3.8, 4) is 11.5 Å². The van der Waals surface area contributed by atoms with Gasteiger partial charge in [0, 0.05) is 32.7 Å². The van der Waals surface area contributed by atoms with Crippen molar-refractivity contribution in [3.05, 3.63) is 23.8 Å². The number of amides is 1. The molecule has 1 atom stereocenters. The molecule has 0 radical (unpaired) electrons. The number of hydrogen-bond acceptors (Lipinski definition) is 5. The first-order chi connectivity index (χ1) is 13.5. The van der Waals surface area contributed by atoms with Gasteiger partial charge in [-0.2, -0.15) is 0 Å². The maximum atomic E-state index is 12.5. The highest BCUT2D eigenvalue weighted by Gasteiger charge is 2.35. The molecule has 1 aromatic rings. The van der Waals surface area contributed by atoms with Gasteiger partial charge in [-0.15, -0.1) is 0 Å². The molecular formula is C22H32N2O4. The normalized spacial score (nSPS) is 26.1. The van der Waals surface area contributed by atoms with E-state index in [2.05, 4.69) is 28.9 Å². The third-order valence-electron chi connectivity index (χ3n) is 6.59. The number of fused-ring (bicyclic) bond motifs is 1. The minimum atomic E-state index is 0.0888. The van der Waals surface area contributed by atoms with Crippen LogP contribution in [0.2, 0.25) is 0 Å². The van der Waals surface area contributed by atoms with Crippen LogP contribution in [-0.2, 0) is 11.2 Å². The van der Waals surface area contributed by atoms with E-state index in [1.807, 2.05) is 6.07 Å². The molecule has 0 aliphatic carbocycles. The number of likely N-dealkylation sites (tertiary alicyclic amines) is 2. The number of piperidine rings is 2. The minimum Gasteiger partial charge on any atom is -0.454 e. The first kappa shape index (κ1) is 19.5. The van der Waals surface area contributed by atoms with E-state index in [1.54, 1.807) is 0 Å². The van der Waals surface area contributed by atoms with Crippen molar-refractivity contribution in [1.29, 1.82) is 0 Å². The summed E-state index contributed by atoms with van der Waals surface area (Å²) < 4.78 is 10.9. The van der Waals surface area contributed by atoms with Gasteiger partial charge >= 0.3 is 0 Å². The quantitative estimate of drug-likeness (QED) is 0.810. The summed E-state index contributed by atoms with van der Waals surface area (Å²) in [4.78, 5) is 17.0. The van der Waals surface area contributed by atoms with Crippen molar-refractivity contribution in [2.24, 2.45) is 11.3 Å². The number of aliphatic hydroxyl groups is 1. The zero-order valence-electron chi connectivity index (χ0n) is 16.9. The summed E-state index contributed by atoms with van der Waals surface area (Å²) in [6.45, 7) is 7.51. The van der Waals surface area contributed by atoms with Crippen molar-refractivity contribution in [2.45, 2.75) is 39.0 Å². The van der Waals surface area contributed by atoms with Gasteiger partial charge in [-0.25, -0.2) is 0 Å². The Morgan fingerprint density at radius 2 is 1.96 bits per heavy atom. The smallest absolute Gasteiger partial charge is 0.231 e. The standard InChI is InChI=1S/C22H32N2O4/c1-22(13-18-2-3-19-20(12-18)28-16-27-19)7-4-21(26)24(15-22)11-10-23-8-5-17(14-25)6-9-23/h2-3,12,17,25H,4-11,13-16H2,1H3/t22-/m1/s1. The first-order valence-corrected chi connectivity index (χ1v) is 10.5. The number of carbonyl (C=O) groups excluding carboxylic acids is 1. The molecule has 2 saturated heterocycles. The van der Waals surface area contributed by atoms with Crippen LogP contribution in [0.5, 0.6) is 11.5 Å². The van der Waals surface area contributed by atoms with Crippen LogP contribution in [0.15, 0.2) is 18.2 Å². The molecule has 1 N–H and O–H groups in total. The molecule has 3 aliphatic heterocycles. The van der Waals surface area contributed by atoms with Gasteiger partial charge in [-0.3, -0.25) is 4.79 Å². The van der Waals surface area contributed by atoms with Gasteiger partial charge in [-0.05, 0) is 67.8 Å². The fraction of sp³-hybridized carbons (Fsp3) is 0.682. The molecule has 4 rings (SSSR count). The maximum Gasteiger partial charge on any atom is 0.231 e. The van der Waals surface area contributed by atoms with Crippen LogP contribution in [0.3, 0.4) is 0 Å². The monoisotopic (exact) mass is 388 g/mol.